The van der Waals surface area contributed by atoms with Gasteiger partial charge in [-0.05, 0) is 30.3 Å². The molecule has 2 rings (SSSR count). The van der Waals surface area contributed by atoms with Gasteiger partial charge in [-0.2, -0.15) is 5.26 Å². The van der Waals surface area contributed by atoms with Crippen molar-refractivity contribution in [3.05, 3.63) is 63.9 Å². The van der Waals surface area contributed by atoms with Crippen molar-refractivity contribution < 1.29 is 18.7 Å². The number of nitriles is 1. The molecule has 0 radical (unpaired) electrons. The topological polar surface area (TPSA) is 91.2 Å². The fourth-order valence-electron chi connectivity index (χ4n) is 2.08. The Morgan fingerprint density at radius 1 is 1.27 bits per heavy atom. The quantitative estimate of drug-likeness (QED) is 0.811. The molecule has 0 spiro atoms. The normalized spacial score (nSPS) is 9.92. The van der Waals surface area contributed by atoms with Gasteiger partial charge < -0.3 is 15.4 Å². The van der Waals surface area contributed by atoms with E-state index in [0.29, 0.717) is 16.9 Å². The van der Waals surface area contributed by atoms with E-state index in [-0.39, 0.29) is 29.6 Å². The van der Waals surface area contributed by atoms with E-state index in [4.69, 9.17) is 21.6 Å². The Morgan fingerprint density at radius 2 is 2.04 bits per heavy atom. The summed E-state index contributed by atoms with van der Waals surface area (Å²) in [4.78, 5) is 23.5. The molecular formula is C18H15ClFN3O3. The van der Waals surface area contributed by atoms with E-state index in [1.54, 1.807) is 12.1 Å². The average Bonchev–Trinajstić information content (AvgIpc) is 2.63. The van der Waals surface area contributed by atoms with E-state index in [1.807, 2.05) is 6.07 Å². The number of likely N-dealkylation sites (N-methyl/N-ethyl adjacent to an activating group) is 1. The lowest BCUT2D eigenvalue weighted by molar-refractivity contribution is -0.122. The first-order chi connectivity index (χ1) is 12.4. The second-order valence-electron chi connectivity index (χ2n) is 5.24. The van der Waals surface area contributed by atoms with Gasteiger partial charge in [-0.3, -0.25) is 9.59 Å². The van der Waals surface area contributed by atoms with Crippen molar-refractivity contribution in [2.45, 2.75) is 6.54 Å². The van der Waals surface area contributed by atoms with Crippen LogP contribution < -0.4 is 15.4 Å². The van der Waals surface area contributed by atoms with E-state index in [2.05, 4.69) is 10.6 Å². The minimum absolute atomic E-state index is 0.0573. The highest BCUT2D eigenvalue weighted by Crippen LogP contribution is 2.21. The smallest absolute Gasteiger partial charge is 0.257 e. The summed E-state index contributed by atoms with van der Waals surface area (Å²) in [5.41, 5.74) is 0.990. The van der Waals surface area contributed by atoms with Gasteiger partial charge in [0.15, 0.2) is 6.61 Å². The summed E-state index contributed by atoms with van der Waals surface area (Å²) in [5, 5.41) is 14.1. The van der Waals surface area contributed by atoms with Crippen molar-refractivity contribution in [3.63, 3.8) is 0 Å². The van der Waals surface area contributed by atoms with Crippen LogP contribution in [0.5, 0.6) is 5.75 Å². The molecule has 2 aromatic carbocycles. The molecule has 0 heterocycles. The predicted octanol–water partition coefficient (Wildman–Crippen LogP) is 2.41. The maximum atomic E-state index is 13.4. The van der Waals surface area contributed by atoms with Gasteiger partial charge in [0.2, 0.25) is 0 Å². The molecule has 0 atom stereocenters. The molecule has 2 N–H and O–H groups in total. The first kappa shape index (κ1) is 19.2. The van der Waals surface area contributed by atoms with Gasteiger partial charge in [0, 0.05) is 29.7 Å². The van der Waals surface area contributed by atoms with Crippen molar-refractivity contribution in [2.24, 2.45) is 0 Å². The lowest BCUT2D eigenvalue weighted by Crippen LogP contribution is -2.26. The first-order valence-electron chi connectivity index (χ1n) is 7.53. The number of rotatable bonds is 6. The number of nitrogens with one attached hydrogen (secondary N) is 2. The van der Waals surface area contributed by atoms with E-state index in [1.165, 1.54) is 19.2 Å². The lowest BCUT2D eigenvalue weighted by atomic mass is 10.1. The van der Waals surface area contributed by atoms with Gasteiger partial charge >= 0.3 is 0 Å². The zero-order valence-electron chi connectivity index (χ0n) is 13.8. The Bertz CT molecular complexity index is 860. The Hall–Kier alpha value is -3.11. The third-order valence-electron chi connectivity index (χ3n) is 3.40. The summed E-state index contributed by atoms with van der Waals surface area (Å²) < 4.78 is 18.8. The van der Waals surface area contributed by atoms with Crippen molar-refractivity contribution >= 4 is 23.4 Å². The zero-order chi connectivity index (χ0) is 19.1. The summed E-state index contributed by atoms with van der Waals surface area (Å²) >= 11 is 5.75. The molecule has 8 heteroatoms. The van der Waals surface area contributed by atoms with E-state index >= 15 is 0 Å². The summed E-state index contributed by atoms with van der Waals surface area (Å²) in [6, 6.07) is 10.1. The van der Waals surface area contributed by atoms with E-state index in [9.17, 15) is 14.0 Å². The van der Waals surface area contributed by atoms with Crippen LogP contribution in [0.3, 0.4) is 0 Å². The molecule has 6 nitrogen and oxygen atoms in total. The lowest BCUT2D eigenvalue weighted by Gasteiger charge is -2.12. The van der Waals surface area contributed by atoms with E-state index in [0.717, 1.165) is 12.1 Å². The van der Waals surface area contributed by atoms with Crippen LogP contribution in [0, 0.1) is 17.1 Å². The van der Waals surface area contributed by atoms with Gasteiger partial charge in [-0.1, -0.05) is 17.7 Å². The van der Waals surface area contributed by atoms with Gasteiger partial charge in [-0.25, -0.2) is 4.39 Å². The van der Waals surface area contributed by atoms with Crippen LogP contribution in [0.2, 0.25) is 5.02 Å². The molecule has 0 bridgehead atoms. The van der Waals surface area contributed by atoms with Crippen molar-refractivity contribution in [3.8, 4) is 11.8 Å². The summed E-state index contributed by atoms with van der Waals surface area (Å²) in [7, 11) is 1.47. The Kier molecular flexibility index (Phi) is 6.53. The largest absolute Gasteiger partial charge is 0.483 e. The van der Waals surface area contributed by atoms with Crippen LogP contribution in [0.4, 0.5) is 4.39 Å². The average molecular weight is 376 g/mol. The van der Waals surface area contributed by atoms with Gasteiger partial charge in [0.25, 0.3) is 11.8 Å². The standard InChI is InChI=1S/C18H15ClFN3O3/c1-22-17(24)10-26-16-4-11(8-21)2-3-12(16)9-23-18(25)13-5-14(19)7-15(20)6-13/h2-7H,9-10H2,1H3,(H,22,24)(H,23,25). The van der Waals surface area contributed by atoms with Gasteiger partial charge in [0.1, 0.15) is 11.6 Å². The maximum absolute atomic E-state index is 13.4. The molecule has 26 heavy (non-hydrogen) atoms. The summed E-state index contributed by atoms with van der Waals surface area (Å²) in [5.74, 6) is -1.18. The molecule has 0 saturated carbocycles. The molecule has 0 aliphatic rings. The molecule has 0 unspecified atom stereocenters. The van der Waals surface area contributed by atoms with Gasteiger partial charge in [-0.15, -0.1) is 0 Å². The number of hydrogen-bond donors (Lipinski definition) is 2. The molecule has 0 aromatic heterocycles. The number of ether oxygens (including phenoxy) is 1. The summed E-state index contributed by atoms with van der Waals surface area (Å²) in [6.45, 7) is -0.173. The van der Waals surface area contributed by atoms with Crippen LogP contribution >= 0.6 is 11.6 Å². The highest BCUT2D eigenvalue weighted by atomic mass is 35.5. The van der Waals surface area contributed by atoms with Gasteiger partial charge in [0.05, 0.1) is 11.6 Å². The molecule has 0 fully saturated rings. The number of benzene rings is 2. The van der Waals surface area contributed by atoms with Crippen LogP contribution in [0.1, 0.15) is 21.5 Å². The predicted molar refractivity (Wildman–Crippen MR) is 93.3 cm³/mol. The molecule has 2 aromatic rings. The van der Waals surface area contributed by atoms with Crippen LogP contribution in [-0.2, 0) is 11.3 Å². The molecule has 0 saturated heterocycles. The molecular weight excluding hydrogens is 361 g/mol. The number of halogens is 2. The number of carbonyl (C=O) groups excluding carboxylic acids is 2. The van der Waals surface area contributed by atoms with Crippen molar-refractivity contribution in [1.82, 2.24) is 10.6 Å². The summed E-state index contributed by atoms with van der Waals surface area (Å²) in [6.07, 6.45) is 0. The minimum Gasteiger partial charge on any atom is -0.483 e. The molecule has 0 aliphatic heterocycles. The van der Waals surface area contributed by atoms with Crippen LogP contribution in [0.15, 0.2) is 36.4 Å². The number of hydrogen-bond acceptors (Lipinski definition) is 4. The highest BCUT2D eigenvalue weighted by Gasteiger charge is 2.12. The Labute approximate surface area is 154 Å². The number of carbonyl (C=O) groups is 2. The van der Waals surface area contributed by atoms with Crippen LogP contribution in [0.25, 0.3) is 0 Å². The Morgan fingerprint density at radius 3 is 2.69 bits per heavy atom. The Balaban J connectivity index is 2.13. The highest BCUT2D eigenvalue weighted by molar-refractivity contribution is 6.31. The molecule has 134 valence electrons. The zero-order valence-corrected chi connectivity index (χ0v) is 14.6. The monoisotopic (exact) mass is 375 g/mol. The van der Waals surface area contributed by atoms with Crippen LogP contribution in [-0.4, -0.2) is 25.5 Å². The third kappa shape index (κ3) is 5.19. The minimum atomic E-state index is -0.615. The molecule has 0 aliphatic carbocycles. The fraction of sp³-hybridized carbons (Fsp3) is 0.167. The third-order valence-corrected chi connectivity index (χ3v) is 3.62. The second-order valence-corrected chi connectivity index (χ2v) is 5.67. The number of nitrogens with zero attached hydrogens (tertiary/aromatic N) is 1. The SMILES string of the molecule is CNC(=O)COc1cc(C#N)ccc1CNC(=O)c1cc(F)cc(Cl)c1. The van der Waals surface area contributed by atoms with Crippen molar-refractivity contribution in [2.75, 3.05) is 13.7 Å². The van der Waals surface area contributed by atoms with E-state index < -0.39 is 11.7 Å². The fourth-order valence-corrected chi connectivity index (χ4v) is 2.30. The molecule has 2 amide bonds. The van der Waals surface area contributed by atoms with Crippen molar-refractivity contribution in [1.29, 1.82) is 5.26 Å². The number of amides is 2. The second kappa shape index (κ2) is 8.83. The maximum Gasteiger partial charge on any atom is 0.257 e. The first-order valence-corrected chi connectivity index (χ1v) is 7.91.